The number of carbonyl (C=O) groups excluding carboxylic acids is 2. The van der Waals surface area contributed by atoms with Crippen LogP contribution in [0, 0.1) is 0 Å². The molecule has 0 saturated carbocycles. The molecule has 5 nitrogen and oxygen atoms in total. The third kappa shape index (κ3) is 5.67. The van der Waals surface area contributed by atoms with E-state index in [0.29, 0.717) is 6.61 Å². The Kier molecular flexibility index (Phi) is 5.03. The van der Waals surface area contributed by atoms with E-state index < -0.39 is 12.1 Å². The molecule has 5 heteroatoms. The van der Waals surface area contributed by atoms with Crippen LogP contribution in [0.1, 0.15) is 20.3 Å². The van der Waals surface area contributed by atoms with Crippen LogP contribution in [-0.4, -0.2) is 24.6 Å². The number of nitrogens with one attached hydrogen (secondary N) is 1. The highest BCUT2D eigenvalue weighted by molar-refractivity contribution is 5.75. The Morgan fingerprint density at radius 2 is 2.17 bits per heavy atom. The van der Waals surface area contributed by atoms with Crippen molar-refractivity contribution in [2.24, 2.45) is 5.73 Å². The standard InChI is InChI=1S/C7H14N2O3/c1-3-12-7(11)4-6(8)9-5(2)10/h6H,3-4,8H2,1-2H3,(H,9,10)/t6-/m1/s1. The molecular weight excluding hydrogens is 160 g/mol. The molecule has 0 rings (SSSR count). The van der Waals surface area contributed by atoms with E-state index in [1.807, 2.05) is 0 Å². The van der Waals surface area contributed by atoms with Crippen LogP contribution in [0.5, 0.6) is 0 Å². The zero-order valence-corrected chi connectivity index (χ0v) is 7.29. The summed E-state index contributed by atoms with van der Waals surface area (Å²) < 4.78 is 4.62. The van der Waals surface area contributed by atoms with Gasteiger partial charge in [0.1, 0.15) is 0 Å². The van der Waals surface area contributed by atoms with Crippen molar-refractivity contribution in [2.75, 3.05) is 6.61 Å². The van der Waals surface area contributed by atoms with E-state index in [4.69, 9.17) is 5.73 Å². The van der Waals surface area contributed by atoms with Crippen LogP contribution in [0.25, 0.3) is 0 Å². The van der Waals surface area contributed by atoms with E-state index in [1.165, 1.54) is 6.92 Å². The van der Waals surface area contributed by atoms with Gasteiger partial charge in [0.05, 0.1) is 19.2 Å². The van der Waals surface area contributed by atoms with Gasteiger partial charge in [0.2, 0.25) is 5.91 Å². The van der Waals surface area contributed by atoms with Crippen molar-refractivity contribution in [3.63, 3.8) is 0 Å². The van der Waals surface area contributed by atoms with Crippen LogP contribution in [0.2, 0.25) is 0 Å². The summed E-state index contributed by atoms with van der Waals surface area (Å²) in [4.78, 5) is 21.2. The van der Waals surface area contributed by atoms with Crippen LogP contribution in [-0.2, 0) is 14.3 Å². The van der Waals surface area contributed by atoms with Gasteiger partial charge in [-0.2, -0.15) is 0 Å². The Bertz CT molecular complexity index is 170. The van der Waals surface area contributed by atoms with Crippen molar-refractivity contribution in [3.05, 3.63) is 0 Å². The molecular formula is C7H14N2O3. The Morgan fingerprint density at radius 1 is 1.58 bits per heavy atom. The van der Waals surface area contributed by atoms with E-state index in [0.717, 1.165) is 0 Å². The van der Waals surface area contributed by atoms with Crippen LogP contribution in [0.15, 0.2) is 0 Å². The Morgan fingerprint density at radius 3 is 2.58 bits per heavy atom. The molecule has 0 fully saturated rings. The number of ether oxygens (including phenoxy) is 1. The van der Waals surface area contributed by atoms with Crippen molar-refractivity contribution in [1.29, 1.82) is 0 Å². The second-order valence-corrected chi connectivity index (χ2v) is 2.32. The molecule has 0 aliphatic carbocycles. The smallest absolute Gasteiger partial charge is 0.309 e. The summed E-state index contributed by atoms with van der Waals surface area (Å²) in [5, 5.41) is 2.37. The molecule has 0 aliphatic rings. The van der Waals surface area contributed by atoms with Crippen LogP contribution in [0.4, 0.5) is 0 Å². The maximum atomic E-state index is 10.8. The van der Waals surface area contributed by atoms with Gasteiger partial charge in [0.25, 0.3) is 0 Å². The lowest BCUT2D eigenvalue weighted by molar-refractivity contribution is -0.143. The minimum absolute atomic E-state index is 0.00736. The Balaban J connectivity index is 3.61. The first-order valence-corrected chi connectivity index (χ1v) is 3.74. The molecule has 70 valence electrons. The maximum absolute atomic E-state index is 10.8. The molecule has 0 aromatic heterocycles. The fourth-order valence-electron chi connectivity index (χ4n) is 0.712. The normalized spacial score (nSPS) is 11.9. The topological polar surface area (TPSA) is 81.4 Å². The Hall–Kier alpha value is -1.10. The molecule has 0 aliphatic heterocycles. The highest BCUT2D eigenvalue weighted by atomic mass is 16.5. The summed E-state index contributed by atoms with van der Waals surface area (Å²) in [6, 6.07) is 0. The molecule has 0 aromatic carbocycles. The van der Waals surface area contributed by atoms with Crippen LogP contribution >= 0.6 is 0 Å². The SMILES string of the molecule is CCOC(=O)C[C@H](N)NC(C)=O. The highest BCUT2D eigenvalue weighted by Gasteiger charge is 2.10. The monoisotopic (exact) mass is 174 g/mol. The Labute approximate surface area is 71.3 Å². The summed E-state index contributed by atoms with van der Waals surface area (Å²) in [5.74, 6) is -0.662. The number of hydrogen-bond acceptors (Lipinski definition) is 4. The highest BCUT2D eigenvalue weighted by Crippen LogP contribution is 1.88. The number of rotatable bonds is 4. The predicted molar refractivity (Wildman–Crippen MR) is 43.0 cm³/mol. The van der Waals surface area contributed by atoms with E-state index in [-0.39, 0.29) is 12.3 Å². The van der Waals surface area contributed by atoms with Gasteiger partial charge in [-0.15, -0.1) is 0 Å². The maximum Gasteiger partial charge on any atom is 0.309 e. The summed E-state index contributed by atoms with van der Waals surface area (Å²) >= 11 is 0. The first-order chi connectivity index (χ1) is 5.56. The summed E-state index contributed by atoms with van der Waals surface area (Å²) in [6.07, 6.45) is -0.644. The lowest BCUT2D eigenvalue weighted by atomic mass is 10.3. The van der Waals surface area contributed by atoms with E-state index in [9.17, 15) is 9.59 Å². The van der Waals surface area contributed by atoms with Gasteiger partial charge in [-0.25, -0.2) is 0 Å². The zero-order valence-electron chi connectivity index (χ0n) is 7.29. The van der Waals surface area contributed by atoms with Crippen molar-refractivity contribution in [2.45, 2.75) is 26.4 Å². The zero-order chi connectivity index (χ0) is 9.56. The molecule has 1 amide bonds. The number of hydrogen-bond donors (Lipinski definition) is 2. The lowest BCUT2D eigenvalue weighted by Crippen LogP contribution is -2.42. The largest absolute Gasteiger partial charge is 0.466 e. The molecule has 0 bridgehead atoms. The van der Waals surface area contributed by atoms with Crippen LogP contribution in [0.3, 0.4) is 0 Å². The average Bonchev–Trinajstić information content (AvgIpc) is 1.84. The molecule has 12 heavy (non-hydrogen) atoms. The molecule has 0 aromatic rings. The quantitative estimate of drug-likeness (QED) is 0.439. The fourth-order valence-corrected chi connectivity index (χ4v) is 0.712. The number of carbonyl (C=O) groups is 2. The minimum Gasteiger partial charge on any atom is -0.466 e. The molecule has 0 unspecified atom stereocenters. The second-order valence-electron chi connectivity index (χ2n) is 2.32. The van der Waals surface area contributed by atoms with Crippen molar-refractivity contribution >= 4 is 11.9 Å². The van der Waals surface area contributed by atoms with Crippen molar-refractivity contribution < 1.29 is 14.3 Å². The number of nitrogens with two attached hydrogens (primary N) is 1. The first-order valence-electron chi connectivity index (χ1n) is 3.74. The summed E-state index contributed by atoms with van der Waals surface area (Å²) in [7, 11) is 0. The van der Waals surface area contributed by atoms with Gasteiger partial charge >= 0.3 is 5.97 Å². The molecule has 0 saturated heterocycles. The van der Waals surface area contributed by atoms with Crippen molar-refractivity contribution in [1.82, 2.24) is 5.32 Å². The number of amides is 1. The summed E-state index contributed by atoms with van der Waals surface area (Å²) in [5.41, 5.74) is 5.37. The van der Waals surface area contributed by atoms with E-state index in [1.54, 1.807) is 6.92 Å². The van der Waals surface area contributed by atoms with Gasteiger partial charge in [-0.1, -0.05) is 0 Å². The molecule has 1 atom stereocenters. The molecule has 0 spiro atoms. The molecule has 3 N–H and O–H groups in total. The third-order valence-electron chi connectivity index (χ3n) is 1.08. The fraction of sp³-hybridized carbons (Fsp3) is 0.714. The third-order valence-corrected chi connectivity index (χ3v) is 1.08. The average molecular weight is 174 g/mol. The summed E-state index contributed by atoms with van der Waals surface area (Å²) in [6.45, 7) is 3.37. The predicted octanol–water partition coefficient (Wildman–Crippen LogP) is -0.639. The first kappa shape index (κ1) is 10.9. The number of esters is 1. The molecule has 0 heterocycles. The second kappa shape index (κ2) is 5.54. The van der Waals surface area contributed by atoms with Gasteiger partial charge in [-0.3, -0.25) is 9.59 Å². The van der Waals surface area contributed by atoms with E-state index in [2.05, 4.69) is 10.1 Å². The van der Waals surface area contributed by atoms with Gasteiger partial charge < -0.3 is 15.8 Å². The minimum atomic E-state index is -0.651. The van der Waals surface area contributed by atoms with Crippen LogP contribution < -0.4 is 11.1 Å². The van der Waals surface area contributed by atoms with Crippen molar-refractivity contribution in [3.8, 4) is 0 Å². The molecule has 0 radical (unpaired) electrons. The van der Waals surface area contributed by atoms with E-state index >= 15 is 0 Å². The lowest BCUT2D eigenvalue weighted by Gasteiger charge is -2.10. The van der Waals surface area contributed by atoms with Gasteiger partial charge in [0.15, 0.2) is 0 Å². The van der Waals surface area contributed by atoms with Gasteiger partial charge in [0, 0.05) is 6.92 Å². The van der Waals surface area contributed by atoms with Gasteiger partial charge in [-0.05, 0) is 6.92 Å².